The van der Waals surface area contributed by atoms with Crippen LogP contribution in [0.4, 0.5) is 0 Å². The lowest BCUT2D eigenvalue weighted by atomic mass is 10.1. The number of thiophene rings is 1. The zero-order valence-electron chi connectivity index (χ0n) is 20.7. The highest BCUT2D eigenvalue weighted by Gasteiger charge is 2.14. The van der Waals surface area contributed by atoms with Gasteiger partial charge >= 0.3 is 0 Å². The van der Waals surface area contributed by atoms with Crippen LogP contribution in [0.25, 0.3) is 40.1 Å². The molecule has 9 heteroatoms. The van der Waals surface area contributed by atoms with E-state index in [1.807, 2.05) is 115 Å². The molecular weight excluding hydrogens is 514 g/mol. The van der Waals surface area contributed by atoms with E-state index in [0.717, 1.165) is 33.1 Å². The third kappa shape index (κ3) is 4.93. The van der Waals surface area contributed by atoms with E-state index >= 15 is 0 Å². The Morgan fingerprint density at radius 3 is 2.47 bits per heavy atom. The fourth-order valence-corrected chi connectivity index (χ4v) is 5.52. The van der Waals surface area contributed by atoms with Gasteiger partial charge in [-0.1, -0.05) is 35.6 Å². The van der Waals surface area contributed by atoms with Crippen molar-refractivity contribution in [1.29, 1.82) is 0 Å². The Bertz CT molecular complexity index is 1830. The minimum Gasteiger partial charge on any atom is -0.491 e. The first kappa shape index (κ1) is 24.0. The molecule has 188 valence electrons. The Morgan fingerprint density at radius 2 is 1.76 bits per heavy atom. The number of rotatable bonds is 7. The van der Waals surface area contributed by atoms with Crippen molar-refractivity contribution >= 4 is 45.9 Å². The molecule has 0 aliphatic carbocycles. The summed E-state index contributed by atoms with van der Waals surface area (Å²) in [7, 11) is 0. The zero-order valence-corrected chi connectivity index (χ0v) is 22.3. The van der Waals surface area contributed by atoms with E-state index in [-0.39, 0.29) is 11.7 Å². The van der Waals surface area contributed by atoms with E-state index in [0.29, 0.717) is 15.3 Å². The topological polar surface area (TPSA) is 74.3 Å². The predicted molar refractivity (Wildman–Crippen MR) is 154 cm³/mol. The lowest BCUT2D eigenvalue weighted by Gasteiger charge is -2.09. The third-order valence-electron chi connectivity index (χ3n) is 5.69. The van der Waals surface area contributed by atoms with Crippen molar-refractivity contribution in [3.63, 3.8) is 0 Å². The van der Waals surface area contributed by atoms with Gasteiger partial charge in [0.1, 0.15) is 11.4 Å². The summed E-state index contributed by atoms with van der Waals surface area (Å²) < 4.78 is 9.54. The molecule has 0 bridgehead atoms. The van der Waals surface area contributed by atoms with E-state index in [4.69, 9.17) is 9.84 Å². The van der Waals surface area contributed by atoms with Gasteiger partial charge in [0, 0.05) is 22.2 Å². The Balaban J connectivity index is 1.41. The summed E-state index contributed by atoms with van der Waals surface area (Å²) in [6.07, 6.45) is 7.67. The number of benzene rings is 2. The van der Waals surface area contributed by atoms with Gasteiger partial charge in [-0.2, -0.15) is 14.6 Å². The Labute approximate surface area is 226 Å². The second kappa shape index (κ2) is 10.2. The summed E-state index contributed by atoms with van der Waals surface area (Å²) >= 11 is 2.95. The Hall–Kier alpha value is -4.34. The molecule has 4 aromatic heterocycles. The quantitative estimate of drug-likeness (QED) is 0.266. The van der Waals surface area contributed by atoms with Crippen LogP contribution in [0.15, 0.2) is 83.1 Å². The van der Waals surface area contributed by atoms with Crippen LogP contribution in [0.5, 0.6) is 5.75 Å². The Kier molecular flexibility index (Phi) is 6.45. The smallest absolute Gasteiger partial charge is 0.291 e. The maximum absolute atomic E-state index is 13.2. The molecule has 0 radical (unpaired) electrons. The number of fused-ring (bicyclic) bond motifs is 1. The standard InChI is InChI=1S/C29H23N5O2S2/c1-19(2)36-23-12-10-20(11-13-23)27-21(18-33(32-27)22-7-4-3-5-8-22)17-25-28(35)34-29(38-25)30-26(31-34)15-14-24-9-6-16-37-24/h3-19H,1-2H3/b15-14+,25-17-. The highest BCUT2D eigenvalue weighted by Crippen LogP contribution is 2.27. The molecule has 7 nitrogen and oxygen atoms in total. The van der Waals surface area contributed by atoms with Gasteiger partial charge in [0.25, 0.3) is 5.56 Å². The number of aromatic nitrogens is 5. The summed E-state index contributed by atoms with van der Waals surface area (Å²) in [5.41, 5.74) is 3.25. The van der Waals surface area contributed by atoms with Gasteiger partial charge in [0.15, 0.2) is 5.82 Å². The summed E-state index contributed by atoms with van der Waals surface area (Å²) in [5.74, 6) is 1.31. The molecule has 0 amide bonds. The van der Waals surface area contributed by atoms with Crippen molar-refractivity contribution in [2.24, 2.45) is 0 Å². The monoisotopic (exact) mass is 537 g/mol. The number of hydrogen-bond donors (Lipinski definition) is 0. The van der Waals surface area contributed by atoms with Crippen LogP contribution in [-0.4, -0.2) is 30.5 Å². The molecular formula is C29H23N5O2S2. The molecule has 0 saturated heterocycles. The normalized spacial score (nSPS) is 12.3. The molecule has 4 heterocycles. The summed E-state index contributed by atoms with van der Waals surface area (Å²) in [5, 5.41) is 11.3. The molecule has 0 aliphatic rings. The largest absolute Gasteiger partial charge is 0.491 e. The van der Waals surface area contributed by atoms with Crippen LogP contribution >= 0.6 is 22.7 Å². The van der Waals surface area contributed by atoms with Crippen LogP contribution < -0.4 is 14.8 Å². The molecule has 0 aliphatic heterocycles. The molecule has 2 aromatic carbocycles. The predicted octanol–water partition coefficient (Wildman–Crippen LogP) is 5.57. The minimum atomic E-state index is -0.202. The van der Waals surface area contributed by atoms with Gasteiger partial charge in [-0.25, -0.2) is 4.68 Å². The van der Waals surface area contributed by atoms with Gasteiger partial charge < -0.3 is 4.74 Å². The van der Waals surface area contributed by atoms with Gasteiger partial charge in [-0.15, -0.1) is 16.4 Å². The van der Waals surface area contributed by atoms with Gasteiger partial charge in [-0.05, 0) is 79.9 Å². The molecule has 38 heavy (non-hydrogen) atoms. The lowest BCUT2D eigenvalue weighted by molar-refractivity contribution is 0.242. The van der Waals surface area contributed by atoms with Gasteiger partial charge in [0.05, 0.1) is 16.3 Å². The summed E-state index contributed by atoms with van der Waals surface area (Å²) in [4.78, 5) is 19.4. The van der Waals surface area contributed by atoms with E-state index in [1.54, 1.807) is 11.3 Å². The maximum atomic E-state index is 13.2. The second-order valence-corrected chi connectivity index (χ2v) is 10.8. The van der Waals surface area contributed by atoms with E-state index in [9.17, 15) is 4.79 Å². The number of hydrogen-bond acceptors (Lipinski definition) is 7. The molecule has 0 saturated carbocycles. The third-order valence-corrected chi connectivity index (χ3v) is 7.48. The minimum absolute atomic E-state index is 0.0931. The molecule has 0 spiro atoms. The van der Waals surface area contributed by atoms with Crippen molar-refractivity contribution in [3.8, 4) is 22.7 Å². The van der Waals surface area contributed by atoms with Gasteiger partial charge in [-0.3, -0.25) is 4.79 Å². The maximum Gasteiger partial charge on any atom is 0.291 e. The average molecular weight is 538 g/mol. The molecule has 6 rings (SSSR count). The highest BCUT2D eigenvalue weighted by molar-refractivity contribution is 7.15. The van der Waals surface area contributed by atoms with E-state index in [1.165, 1.54) is 15.9 Å². The van der Waals surface area contributed by atoms with Crippen LogP contribution in [0.2, 0.25) is 0 Å². The van der Waals surface area contributed by atoms with Crippen LogP contribution in [-0.2, 0) is 0 Å². The summed E-state index contributed by atoms with van der Waals surface area (Å²) in [6, 6.07) is 21.8. The highest BCUT2D eigenvalue weighted by atomic mass is 32.1. The van der Waals surface area contributed by atoms with Crippen molar-refractivity contribution in [3.05, 3.63) is 109 Å². The lowest BCUT2D eigenvalue weighted by Crippen LogP contribution is -2.23. The van der Waals surface area contributed by atoms with Crippen molar-refractivity contribution in [1.82, 2.24) is 24.4 Å². The average Bonchev–Trinajstić information content (AvgIpc) is 3.71. The molecule has 0 fully saturated rings. The van der Waals surface area contributed by atoms with Crippen molar-refractivity contribution < 1.29 is 4.74 Å². The van der Waals surface area contributed by atoms with E-state index < -0.39 is 0 Å². The molecule has 0 unspecified atom stereocenters. The van der Waals surface area contributed by atoms with Crippen LogP contribution in [0.1, 0.15) is 30.1 Å². The van der Waals surface area contributed by atoms with Crippen LogP contribution in [0.3, 0.4) is 0 Å². The van der Waals surface area contributed by atoms with Crippen molar-refractivity contribution in [2.75, 3.05) is 0 Å². The first-order valence-corrected chi connectivity index (χ1v) is 13.8. The number of para-hydroxylation sites is 1. The fourth-order valence-electron chi connectivity index (χ4n) is 4.00. The second-order valence-electron chi connectivity index (χ2n) is 8.83. The first-order chi connectivity index (χ1) is 18.5. The number of thiazole rings is 1. The van der Waals surface area contributed by atoms with Crippen LogP contribution in [0, 0.1) is 0 Å². The summed E-state index contributed by atoms with van der Waals surface area (Å²) in [6.45, 7) is 4.00. The molecule has 0 N–H and O–H groups in total. The SMILES string of the molecule is CC(C)Oc1ccc(-c2nn(-c3ccccc3)cc2/C=c2\sc3nc(/C=C/c4cccs4)nn3c2=O)cc1. The van der Waals surface area contributed by atoms with Crippen molar-refractivity contribution in [2.45, 2.75) is 20.0 Å². The Morgan fingerprint density at radius 1 is 0.947 bits per heavy atom. The number of ether oxygens (including phenoxy) is 1. The first-order valence-electron chi connectivity index (χ1n) is 12.1. The zero-order chi connectivity index (χ0) is 26.1. The van der Waals surface area contributed by atoms with Gasteiger partial charge in [0.2, 0.25) is 4.96 Å². The van der Waals surface area contributed by atoms with E-state index in [2.05, 4.69) is 10.1 Å². The fraction of sp³-hybridized carbons (Fsp3) is 0.103. The molecule has 6 aromatic rings. The molecule has 0 atom stereocenters. The number of nitrogens with zero attached hydrogens (tertiary/aromatic N) is 5.